The van der Waals surface area contributed by atoms with Gasteiger partial charge in [0, 0.05) is 32.4 Å². The second-order valence-corrected chi connectivity index (χ2v) is 10.4. The molecule has 2 saturated heterocycles. The Bertz CT molecular complexity index is 858. The molecule has 0 saturated carbocycles. The first kappa shape index (κ1) is 25.2. The van der Waals surface area contributed by atoms with Crippen molar-refractivity contribution in [3.8, 4) is 0 Å². The topological polar surface area (TPSA) is 108 Å². The summed E-state index contributed by atoms with van der Waals surface area (Å²) < 4.78 is 5.46. The standard InChI is InChI=1S/C25H37N3O5/c1-15(17-6-8-18(9-7-17)19-10-11-33-14-19)26-23(31)21-12-20(30)13-28(21)24(32)22(25(3,4)5)27-16(2)29/h6-9,15,19-22,30H,10-14H2,1-5H3,(H,26,31)(H,27,29)/t15-,19?,20+,21-,22+/m0/s1. The number of aliphatic hydroxyl groups excluding tert-OH is 1. The number of hydrogen-bond acceptors (Lipinski definition) is 5. The molecule has 8 heteroatoms. The highest BCUT2D eigenvalue weighted by Crippen LogP contribution is 2.28. The summed E-state index contributed by atoms with van der Waals surface area (Å²) in [6, 6.07) is 6.34. The van der Waals surface area contributed by atoms with Crippen LogP contribution in [0.25, 0.3) is 0 Å². The lowest BCUT2D eigenvalue weighted by Gasteiger charge is -2.35. The molecular formula is C25H37N3O5. The van der Waals surface area contributed by atoms with Crippen molar-refractivity contribution in [3.05, 3.63) is 35.4 Å². The van der Waals surface area contributed by atoms with Gasteiger partial charge in [0.25, 0.3) is 0 Å². The fourth-order valence-electron chi connectivity index (χ4n) is 4.57. The van der Waals surface area contributed by atoms with Crippen LogP contribution in [0.2, 0.25) is 0 Å². The zero-order valence-corrected chi connectivity index (χ0v) is 20.3. The molecule has 0 spiro atoms. The number of carbonyl (C=O) groups excluding carboxylic acids is 3. The second-order valence-electron chi connectivity index (χ2n) is 10.4. The number of aliphatic hydroxyl groups is 1. The Morgan fingerprint density at radius 1 is 1.15 bits per heavy atom. The van der Waals surface area contributed by atoms with Gasteiger partial charge in [-0.3, -0.25) is 14.4 Å². The van der Waals surface area contributed by atoms with Gasteiger partial charge in [0.05, 0.1) is 18.8 Å². The minimum atomic E-state index is -0.792. The van der Waals surface area contributed by atoms with Crippen LogP contribution < -0.4 is 10.6 Å². The van der Waals surface area contributed by atoms with E-state index in [1.54, 1.807) is 0 Å². The molecule has 2 heterocycles. The highest BCUT2D eigenvalue weighted by molar-refractivity contribution is 5.93. The fourth-order valence-corrected chi connectivity index (χ4v) is 4.57. The molecule has 2 aliphatic heterocycles. The van der Waals surface area contributed by atoms with Gasteiger partial charge >= 0.3 is 0 Å². The van der Waals surface area contributed by atoms with Crippen molar-refractivity contribution in [1.29, 1.82) is 0 Å². The van der Waals surface area contributed by atoms with E-state index in [-0.39, 0.29) is 36.7 Å². The smallest absolute Gasteiger partial charge is 0.246 e. The minimum Gasteiger partial charge on any atom is -0.391 e. The molecule has 0 radical (unpaired) electrons. The molecular weight excluding hydrogens is 422 g/mol. The number of hydrogen-bond donors (Lipinski definition) is 3. The summed E-state index contributed by atoms with van der Waals surface area (Å²) in [5, 5.41) is 16.0. The molecule has 33 heavy (non-hydrogen) atoms. The number of ether oxygens (including phenoxy) is 1. The Balaban J connectivity index is 1.69. The SMILES string of the molecule is CC(=O)N[C@H](C(=O)N1C[C@H](O)C[C@H]1C(=O)N[C@@H](C)c1ccc(C2CCOC2)cc1)C(C)(C)C. The second kappa shape index (κ2) is 10.2. The van der Waals surface area contributed by atoms with Crippen LogP contribution in [0.1, 0.15) is 70.5 Å². The molecule has 3 N–H and O–H groups in total. The number of benzene rings is 1. The number of nitrogens with one attached hydrogen (secondary N) is 2. The minimum absolute atomic E-state index is 0.0651. The van der Waals surface area contributed by atoms with Crippen molar-refractivity contribution in [2.45, 2.75) is 77.6 Å². The van der Waals surface area contributed by atoms with Crippen molar-refractivity contribution >= 4 is 17.7 Å². The Kier molecular flexibility index (Phi) is 7.80. The number of nitrogens with zero attached hydrogens (tertiary/aromatic N) is 1. The summed E-state index contributed by atoms with van der Waals surface area (Å²) in [6.45, 7) is 10.4. The van der Waals surface area contributed by atoms with Crippen molar-refractivity contribution in [3.63, 3.8) is 0 Å². The lowest BCUT2D eigenvalue weighted by Crippen LogP contribution is -2.57. The summed E-state index contributed by atoms with van der Waals surface area (Å²) in [5.74, 6) is -0.561. The Morgan fingerprint density at radius 2 is 1.82 bits per heavy atom. The summed E-state index contributed by atoms with van der Waals surface area (Å²) in [6.07, 6.45) is 0.404. The van der Waals surface area contributed by atoms with Gasteiger partial charge in [-0.15, -0.1) is 0 Å². The predicted octanol–water partition coefficient (Wildman–Crippen LogP) is 1.88. The zero-order chi connectivity index (χ0) is 24.3. The van der Waals surface area contributed by atoms with Crippen LogP contribution in [0, 0.1) is 5.41 Å². The lowest BCUT2D eigenvalue weighted by atomic mass is 9.85. The van der Waals surface area contributed by atoms with Gasteiger partial charge in [-0.05, 0) is 29.9 Å². The van der Waals surface area contributed by atoms with E-state index in [0.29, 0.717) is 5.92 Å². The number of carbonyl (C=O) groups is 3. The lowest BCUT2D eigenvalue weighted by molar-refractivity contribution is -0.144. The van der Waals surface area contributed by atoms with Crippen molar-refractivity contribution in [2.75, 3.05) is 19.8 Å². The number of likely N-dealkylation sites (tertiary alicyclic amines) is 1. The molecule has 1 aromatic carbocycles. The zero-order valence-electron chi connectivity index (χ0n) is 20.3. The molecule has 1 unspecified atom stereocenters. The third-order valence-electron chi connectivity index (χ3n) is 6.52. The third kappa shape index (κ3) is 6.12. The van der Waals surface area contributed by atoms with Crippen LogP contribution >= 0.6 is 0 Å². The Labute approximate surface area is 196 Å². The molecule has 0 aliphatic carbocycles. The quantitative estimate of drug-likeness (QED) is 0.602. The van der Waals surface area contributed by atoms with E-state index in [2.05, 4.69) is 22.8 Å². The van der Waals surface area contributed by atoms with E-state index >= 15 is 0 Å². The van der Waals surface area contributed by atoms with Crippen molar-refractivity contribution in [2.24, 2.45) is 5.41 Å². The van der Waals surface area contributed by atoms with E-state index in [0.717, 1.165) is 25.2 Å². The number of amides is 3. The molecule has 0 bridgehead atoms. The molecule has 2 fully saturated rings. The van der Waals surface area contributed by atoms with Crippen LogP contribution in [0.5, 0.6) is 0 Å². The van der Waals surface area contributed by atoms with Gasteiger partial charge in [-0.25, -0.2) is 0 Å². The average Bonchev–Trinajstić information content (AvgIpc) is 3.40. The molecule has 2 aliphatic rings. The molecule has 8 nitrogen and oxygen atoms in total. The Hall–Kier alpha value is -2.45. The van der Waals surface area contributed by atoms with E-state index in [9.17, 15) is 19.5 Å². The van der Waals surface area contributed by atoms with Gasteiger partial charge in [0.15, 0.2) is 0 Å². The maximum atomic E-state index is 13.3. The molecule has 3 rings (SSSR count). The molecule has 1 aromatic rings. The fraction of sp³-hybridized carbons (Fsp3) is 0.640. The van der Waals surface area contributed by atoms with Crippen LogP contribution in [0.15, 0.2) is 24.3 Å². The van der Waals surface area contributed by atoms with E-state index in [1.807, 2.05) is 39.8 Å². The summed E-state index contributed by atoms with van der Waals surface area (Å²) in [7, 11) is 0. The summed E-state index contributed by atoms with van der Waals surface area (Å²) in [5.41, 5.74) is 1.65. The van der Waals surface area contributed by atoms with E-state index < -0.39 is 23.6 Å². The maximum Gasteiger partial charge on any atom is 0.246 e. The van der Waals surface area contributed by atoms with Gasteiger partial charge in [0.2, 0.25) is 17.7 Å². The summed E-state index contributed by atoms with van der Waals surface area (Å²) in [4.78, 5) is 39.6. The first-order chi connectivity index (χ1) is 15.5. The van der Waals surface area contributed by atoms with Crippen LogP contribution in [0.3, 0.4) is 0 Å². The monoisotopic (exact) mass is 459 g/mol. The first-order valence-electron chi connectivity index (χ1n) is 11.7. The summed E-state index contributed by atoms with van der Waals surface area (Å²) >= 11 is 0. The largest absolute Gasteiger partial charge is 0.391 e. The van der Waals surface area contributed by atoms with Gasteiger partial charge in [-0.2, -0.15) is 0 Å². The average molecular weight is 460 g/mol. The van der Waals surface area contributed by atoms with Crippen LogP contribution in [0.4, 0.5) is 0 Å². The number of β-amino-alcohol motifs (C(OH)–C–C–N with tert-alkyl or cyclic N) is 1. The first-order valence-corrected chi connectivity index (χ1v) is 11.7. The normalized spacial score (nSPS) is 24.9. The molecule has 0 aromatic heterocycles. The highest BCUT2D eigenvalue weighted by Gasteiger charge is 2.44. The van der Waals surface area contributed by atoms with Gasteiger partial charge < -0.3 is 25.4 Å². The van der Waals surface area contributed by atoms with E-state index in [4.69, 9.17) is 4.74 Å². The van der Waals surface area contributed by atoms with Crippen LogP contribution in [-0.4, -0.2) is 65.7 Å². The van der Waals surface area contributed by atoms with Gasteiger partial charge in [-0.1, -0.05) is 45.0 Å². The Morgan fingerprint density at radius 3 is 2.36 bits per heavy atom. The van der Waals surface area contributed by atoms with Crippen LogP contribution in [-0.2, 0) is 19.1 Å². The molecule has 3 amide bonds. The maximum absolute atomic E-state index is 13.3. The molecule has 182 valence electrons. The predicted molar refractivity (Wildman–Crippen MR) is 124 cm³/mol. The highest BCUT2D eigenvalue weighted by atomic mass is 16.5. The van der Waals surface area contributed by atoms with Crippen molar-refractivity contribution in [1.82, 2.24) is 15.5 Å². The third-order valence-corrected chi connectivity index (χ3v) is 6.52. The van der Waals surface area contributed by atoms with Gasteiger partial charge in [0.1, 0.15) is 12.1 Å². The molecule has 5 atom stereocenters. The number of rotatable bonds is 6. The van der Waals surface area contributed by atoms with Crippen molar-refractivity contribution < 1.29 is 24.2 Å². The van der Waals surface area contributed by atoms with E-state index in [1.165, 1.54) is 17.4 Å².